The molecule has 1 aliphatic rings. The summed E-state index contributed by atoms with van der Waals surface area (Å²) in [5, 5.41) is 4.62. The van der Waals surface area contributed by atoms with Crippen LogP contribution in [0.5, 0.6) is 0 Å². The Hall–Kier alpha value is -2.50. The zero-order chi connectivity index (χ0) is 17.8. The Morgan fingerprint density at radius 3 is 2.65 bits per heavy atom. The molecule has 0 saturated carbocycles. The Labute approximate surface area is 154 Å². The first-order chi connectivity index (χ1) is 12.8. The van der Waals surface area contributed by atoms with Crippen molar-refractivity contribution in [3.05, 3.63) is 54.6 Å². The van der Waals surface area contributed by atoms with E-state index in [4.69, 9.17) is 9.97 Å². The molecule has 1 fully saturated rings. The van der Waals surface area contributed by atoms with E-state index in [-0.39, 0.29) is 0 Å². The third-order valence-electron chi connectivity index (χ3n) is 5.08. The number of anilines is 1. The average molecular weight is 347 g/mol. The number of hydrogen-bond acceptors (Lipinski definition) is 5. The minimum absolute atomic E-state index is 0.541. The predicted octanol–water partition coefficient (Wildman–Crippen LogP) is 3.60. The van der Waals surface area contributed by atoms with Crippen LogP contribution in [0.25, 0.3) is 22.3 Å². The van der Waals surface area contributed by atoms with E-state index in [0.717, 1.165) is 47.6 Å². The first-order valence-corrected chi connectivity index (χ1v) is 9.36. The fraction of sp³-hybridized carbons (Fsp3) is 0.333. The van der Waals surface area contributed by atoms with E-state index >= 15 is 0 Å². The molecule has 26 heavy (non-hydrogen) atoms. The molecule has 2 atom stereocenters. The van der Waals surface area contributed by atoms with E-state index in [1.807, 2.05) is 36.4 Å². The Morgan fingerprint density at radius 1 is 1.04 bits per heavy atom. The third kappa shape index (κ3) is 3.69. The molecule has 0 spiro atoms. The van der Waals surface area contributed by atoms with Crippen LogP contribution in [0.2, 0.25) is 0 Å². The summed E-state index contributed by atoms with van der Waals surface area (Å²) in [5.41, 5.74) is 8.54. The van der Waals surface area contributed by atoms with Gasteiger partial charge in [0.25, 0.3) is 0 Å². The van der Waals surface area contributed by atoms with Crippen molar-refractivity contribution in [1.82, 2.24) is 20.8 Å². The lowest BCUT2D eigenvalue weighted by Gasteiger charge is -2.14. The highest BCUT2D eigenvalue weighted by atomic mass is 15.4. The number of fused-ring (bicyclic) bond motifs is 1. The van der Waals surface area contributed by atoms with Gasteiger partial charge in [-0.2, -0.15) is 0 Å². The predicted molar refractivity (Wildman–Crippen MR) is 107 cm³/mol. The van der Waals surface area contributed by atoms with Crippen molar-refractivity contribution in [2.75, 3.05) is 18.4 Å². The van der Waals surface area contributed by atoms with Crippen molar-refractivity contribution in [1.29, 1.82) is 0 Å². The highest BCUT2D eigenvalue weighted by molar-refractivity contribution is 5.90. The zero-order valence-corrected chi connectivity index (χ0v) is 15.1. The van der Waals surface area contributed by atoms with Crippen LogP contribution in [0.15, 0.2) is 54.6 Å². The summed E-state index contributed by atoms with van der Waals surface area (Å²) in [5.74, 6) is 2.38. The number of para-hydroxylation sites is 1. The minimum atomic E-state index is 0.541. The maximum absolute atomic E-state index is 4.81. The van der Waals surface area contributed by atoms with Crippen molar-refractivity contribution in [3.8, 4) is 11.4 Å². The maximum atomic E-state index is 4.81. The quantitative estimate of drug-likeness (QED) is 0.595. The molecule has 134 valence electrons. The second-order valence-electron chi connectivity index (χ2n) is 6.92. The highest BCUT2D eigenvalue weighted by Gasteiger charge is 2.21. The standard InChI is InChI=1S/C21H25N5/c1-15-17(14-23-26-15)10-7-13-22-21-18-11-5-6-12-19(18)24-20(25-21)16-8-3-2-4-9-16/h2-6,8-9,11-12,15,17,23,26H,7,10,13-14H2,1H3,(H,22,24,25). The van der Waals surface area contributed by atoms with Gasteiger partial charge >= 0.3 is 0 Å². The second-order valence-corrected chi connectivity index (χ2v) is 6.92. The van der Waals surface area contributed by atoms with Crippen LogP contribution in [0.1, 0.15) is 19.8 Å². The van der Waals surface area contributed by atoms with Crippen LogP contribution < -0.4 is 16.2 Å². The molecule has 0 aliphatic carbocycles. The molecule has 4 rings (SSSR count). The SMILES string of the molecule is CC1NNCC1CCCNc1nc(-c2ccccc2)nc2ccccc12. The van der Waals surface area contributed by atoms with E-state index < -0.39 is 0 Å². The van der Waals surface area contributed by atoms with Crippen molar-refractivity contribution in [2.45, 2.75) is 25.8 Å². The number of rotatable bonds is 6. The van der Waals surface area contributed by atoms with E-state index in [1.165, 1.54) is 6.42 Å². The summed E-state index contributed by atoms with van der Waals surface area (Å²) in [6, 6.07) is 18.9. The highest BCUT2D eigenvalue weighted by Crippen LogP contribution is 2.25. The van der Waals surface area contributed by atoms with Gasteiger partial charge in [0.05, 0.1) is 5.52 Å². The van der Waals surface area contributed by atoms with Crippen LogP contribution in [-0.2, 0) is 0 Å². The molecule has 3 aromatic rings. The van der Waals surface area contributed by atoms with Gasteiger partial charge in [-0.25, -0.2) is 9.97 Å². The van der Waals surface area contributed by atoms with Crippen LogP contribution in [-0.4, -0.2) is 29.1 Å². The molecule has 2 heterocycles. The topological polar surface area (TPSA) is 61.9 Å². The lowest BCUT2D eigenvalue weighted by Crippen LogP contribution is -2.28. The van der Waals surface area contributed by atoms with Gasteiger partial charge in [-0.05, 0) is 37.8 Å². The summed E-state index contributed by atoms with van der Waals surface area (Å²) in [7, 11) is 0. The molecule has 2 aromatic carbocycles. The third-order valence-corrected chi connectivity index (χ3v) is 5.08. The summed E-state index contributed by atoms with van der Waals surface area (Å²) < 4.78 is 0. The molecule has 0 radical (unpaired) electrons. The van der Waals surface area contributed by atoms with Gasteiger partial charge in [-0.1, -0.05) is 42.5 Å². The summed E-state index contributed by atoms with van der Waals surface area (Å²) >= 11 is 0. The Bertz CT molecular complexity index is 865. The molecule has 3 N–H and O–H groups in total. The van der Waals surface area contributed by atoms with Crippen molar-refractivity contribution in [3.63, 3.8) is 0 Å². The fourth-order valence-electron chi connectivity index (χ4n) is 3.50. The van der Waals surface area contributed by atoms with Crippen LogP contribution >= 0.6 is 0 Å². The van der Waals surface area contributed by atoms with Gasteiger partial charge in [0.15, 0.2) is 5.82 Å². The molecule has 1 saturated heterocycles. The maximum Gasteiger partial charge on any atom is 0.162 e. The number of aromatic nitrogens is 2. The normalized spacial score (nSPS) is 19.7. The summed E-state index contributed by atoms with van der Waals surface area (Å²) in [6.45, 7) is 4.20. The summed E-state index contributed by atoms with van der Waals surface area (Å²) in [6.07, 6.45) is 2.32. The smallest absolute Gasteiger partial charge is 0.162 e. The van der Waals surface area contributed by atoms with E-state index in [1.54, 1.807) is 0 Å². The van der Waals surface area contributed by atoms with E-state index in [2.05, 4.69) is 41.3 Å². The Kier molecular flexibility index (Phi) is 5.09. The van der Waals surface area contributed by atoms with Crippen molar-refractivity contribution in [2.24, 2.45) is 5.92 Å². The van der Waals surface area contributed by atoms with Gasteiger partial charge in [0.1, 0.15) is 5.82 Å². The monoisotopic (exact) mass is 347 g/mol. The molecule has 5 nitrogen and oxygen atoms in total. The first-order valence-electron chi connectivity index (χ1n) is 9.36. The van der Waals surface area contributed by atoms with Gasteiger partial charge in [0, 0.05) is 30.1 Å². The summed E-state index contributed by atoms with van der Waals surface area (Å²) in [4.78, 5) is 9.55. The van der Waals surface area contributed by atoms with Gasteiger partial charge in [0.2, 0.25) is 0 Å². The lowest BCUT2D eigenvalue weighted by atomic mass is 9.98. The van der Waals surface area contributed by atoms with Crippen molar-refractivity contribution < 1.29 is 0 Å². The first kappa shape index (κ1) is 16.9. The number of hydrazine groups is 1. The molecular formula is C21H25N5. The molecule has 1 aliphatic heterocycles. The molecule has 2 unspecified atom stereocenters. The number of nitrogens with one attached hydrogen (secondary N) is 3. The molecule has 5 heteroatoms. The van der Waals surface area contributed by atoms with Crippen LogP contribution in [0.3, 0.4) is 0 Å². The Balaban J connectivity index is 1.51. The molecular weight excluding hydrogens is 322 g/mol. The lowest BCUT2D eigenvalue weighted by molar-refractivity contribution is 0.452. The largest absolute Gasteiger partial charge is 0.369 e. The van der Waals surface area contributed by atoms with E-state index in [9.17, 15) is 0 Å². The molecule has 0 amide bonds. The molecule has 1 aromatic heterocycles. The van der Waals surface area contributed by atoms with Crippen LogP contribution in [0.4, 0.5) is 5.82 Å². The van der Waals surface area contributed by atoms with Crippen LogP contribution in [0, 0.1) is 5.92 Å². The van der Waals surface area contributed by atoms with Gasteiger partial charge < -0.3 is 5.32 Å². The zero-order valence-electron chi connectivity index (χ0n) is 15.1. The van der Waals surface area contributed by atoms with Gasteiger partial charge in [-0.15, -0.1) is 0 Å². The number of hydrogen-bond donors (Lipinski definition) is 3. The number of benzene rings is 2. The molecule has 0 bridgehead atoms. The number of nitrogens with zero attached hydrogens (tertiary/aromatic N) is 2. The van der Waals surface area contributed by atoms with E-state index in [0.29, 0.717) is 12.0 Å². The van der Waals surface area contributed by atoms with Crippen molar-refractivity contribution >= 4 is 16.7 Å². The minimum Gasteiger partial charge on any atom is -0.369 e. The van der Waals surface area contributed by atoms with Gasteiger partial charge in [-0.3, -0.25) is 10.9 Å². The second kappa shape index (κ2) is 7.81. The Morgan fingerprint density at radius 2 is 1.85 bits per heavy atom. The fourth-order valence-corrected chi connectivity index (χ4v) is 3.50. The average Bonchev–Trinajstić information content (AvgIpc) is 3.10.